The summed E-state index contributed by atoms with van der Waals surface area (Å²) >= 11 is 1.15. The first-order valence-corrected chi connectivity index (χ1v) is 8.56. The van der Waals surface area contributed by atoms with Gasteiger partial charge in [-0.2, -0.15) is 5.26 Å². The minimum atomic E-state index is -0.948. The number of carbonyl (C=O) groups excluding carboxylic acids is 1. The van der Waals surface area contributed by atoms with Crippen LogP contribution in [0.15, 0.2) is 59.0 Å². The largest absolute Gasteiger partial charge is 0.439 e. The number of thioether (sulfide) groups is 1. The van der Waals surface area contributed by atoms with Crippen molar-refractivity contribution >= 4 is 28.0 Å². The molecule has 0 N–H and O–H groups in total. The van der Waals surface area contributed by atoms with Crippen molar-refractivity contribution in [1.82, 2.24) is 4.98 Å². The van der Waals surface area contributed by atoms with Crippen molar-refractivity contribution in [3.05, 3.63) is 66.1 Å². The Labute approximate surface area is 144 Å². The smallest absolute Gasteiger partial charge is 0.216 e. The van der Waals surface area contributed by atoms with E-state index in [4.69, 9.17) is 4.42 Å². The molecule has 0 radical (unpaired) electrons. The van der Waals surface area contributed by atoms with Crippen molar-refractivity contribution in [3.63, 3.8) is 0 Å². The van der Waals surface area contributed by atoms with Crippen LogP contribution in [0.1, 0.15) is 18.4 Å². The normalized spacial score (nSPS) is 13.3. The van der Waals surface area contributed by atoms with Crippen LogP contribution < -0.4 is 0 Å². The van der Waals surface area contributed by atoms with E-state index >= 15 is 0 Å². The van der Waals surface area contributed by atoms with E-state index in [1.54, 1.807) is 6.92 Å². The highest BCUT2D eigenvalue weighted by atomic mass is 32.2. The predicted molar refractivity (Wildman–Crippen MR) is 94.6 cm³/mol. The third kappa shape index (κ3) is 3.50. The lowest BCUT2D eigenvalue weighted by atomic mass is 9.96. The standard InChI is InChI=1S/C19H16N2O2S/c1-19(12-20,18-21-15-9-5-6-10-16(15)23-18)13-24-17(22)11-14-7-3-2-4-8-14/h2-10H,11,13H2,1H3. The van der Waals surface area contributed by atoms with Crippen LogP contribution in [-0.4, -0.2) is 15.9 Å². The highest BCUT2D eigenvalue weighted by Crippen LogP contribution is 2.30. The number of nitriles is 1. The molecule has 0 bridgehead atoms. The Kier molecular flexibility index (Phi) is 4.68. The molecule has 1 unspecified atom stereocenters. The molecule has 4 nitrogen and oxygen atoms in total. The summed E-state index contributed by atoms with van der Waals surface area (Å²) in [6.07, 6.45) is 0.348. The first kappa shape index (κ1) is 16.3. The number of carbonyl (C=O) groups is 1. The number of benzene rings is 2. The minimum absolute atomic E-state index is 0.0267. The number of oxazole rings is 1. The van der Waals surface area contributed by atoms with Gasteiger partial charge in [0.25, 0.3) is 0 Å². The molecule has 0 fully saturated rings. The Hall–Kier alpha value is -2.58. The van der Waals surface area contributed by atoms with Gasteiger partial charge in [-0.25, -0.2) is 4.98 Å². The molecule has 0 amide bonds. The van der Waals surface area contributed by atoms with E-state index in [9.17, 15) is 10.1 Å². The van der Waals surface area contributed by atoms with Gasteiger partial charge in [0.2, 0.25) is 5.89 Å². The molecular weight excluding hydrogens is 320 g/mol. The van der Waals surface area contributed by atoms with Gasteiger partial charge in [0.05, 0.1) is 6.07 Å². The lowest BCUT2D eigenvalue weighted by molar-refractivity contribution is -0.110. The SMILES string of the molecule is CC(C#N)(CSC(=O)Cc1ccccc1)c1nc2ccccc2o1. The van der Waals surface area contributed by atoms with Crippen molar-refractivity contribution in [2.75, 3.05) is 5.75 Å². The average Bonchev–Trinajstić information content (AvgIpc) is 3.05. The van der Waals surface area contributed by atoms with E-state index in [-0.39, 0.29) is 5.12 Å². The minimum Gasteiger partial charge on any atom is -0.439 e. The number of rotatable bonds is 5. The lowest BCUT2D eigenvalue weighted by Crippen LogP contribution is -2.24. The Morgan fingerprint density at radius 3 is 2.62 bits per heavy atom. The van der Waals surface area contributed by atoms with Crippen molar-refractivity contribution in [2.45, 2.75) is 18.8 Å². The number of aromatic nitrogens is 1. The van der Waals surface area contributed by atoms with Crippen LogP contribution in [0, 0.1) is 11.3 Å². The molecule has 0 saturated carbocycles. The first-order chi connectivity index (χ1) is 11.6. The van der Waals surface area contributed by atoms with Gasteiger partial charge >= 0.3 is 0 Å². The highest BCUT2D eigenvalue weighted by Gasteiger charge is 2.33. The maximum absolute atomic E-state index is 12.2. The Morgan fingerprint density at radius 2 is 1.92 bits per heavy atom. The molecule has 0 saturated heterocycles. The Bertz CT molecular complexity index is 865. The number of para-hydroxylation sites is 2. The summed E-state index contributed by atoms with van der Waals surface area (Å²) in [5.41, 5.74) is 1.38. The fourth-order valence-electron chi connectivity index (χ4n) is 2.29. The summed E-state index contributed by atoms with van der Waals surface area (Å²) in [7, 11) is 0. The molecular formula is C19H16N2O2S. The molecule has 1 heterocycles. The summed E-state index contributed by atoms with van der Waals surface area (Å²) in [5.74, 6) is 0.661. The zero-order valence-electron chi connectivity index (χ0n) is 13.2. The van der Waals surface area contributed by atoms with Crippen molar-refractivity contribution in [3.8, 4) is 6.07 Å². The summed E-state index contributed by atoms with van der Waals surface area (Å²) in [5, 5.41) is 9.62. The quantitative estimate of drug-likeness (QED) is 0.701. The van der Waals surface area contributed by atoms with Gasteiger partial charge in [-0.15, -0.1) is 0 Å². The fourth-order valence-corrected chi connectivity index (χ4v) is 3.19. The zero-order valence-corrected chi connectivity index (χ0v) is 14.0. The lowest BCUT2D eigenvalue weighted by Gasteiger charge is -2.16. The molecule has 24 heavy (non-hydrogen) atoms. The second kappa shape index (κ2) is 6.90. The van der Waals surface area contributed by atoms with Gasteiger partial charge in [-0.1, -0.05) is 54.2 Å². The maximum atomic E-state index is 12.2. The Morgan fingerprint density at radius 1 is 1.21 bits per heavy atom. The van der Waals surface area contributed by atoms with Gasteiger partial charge in [0, 0.05) is 12.2 Å². The number of hydrogen-bond donors (Lipinski definition) is 0. The molecule has 1 aromatic heterocycles. The number of hydrogen-bond acceptors (Lipinski definition) is 5. The van der Waals surface area contributed by atoms with Crippen molar-refractivity contribution < 1.29 is 9.21 Å². The topological polar surface area (TPSA) is 66.9 Å². The van der Waals surface area contributed by atoms with Gasteiger partial charge in [0.15, 0.2) is 10.7 Å². The monoisotopic (exact) mass is 336 g/mol. The maximum Gasteiger partial charge on any atom is 0.216 e. The highest BCUT2D eigenvalue weighted by molar-refractivity contribution is 8.13. The second-order valence-electron chi connectivity index (χ2n) is 5.75. The third-order valence-corrected chi connectivity index (χ3v) is 4.91. The van der Waals surface area contributed by atoms with E-state index in [0.717, 1.165) is 22.8 Å². The fraction of sp³-hybridized carbons (Fsp3) is 0.211. The summed E-state index contributed by atoms with van der Waals surface area (Å²) < 4.78 is 5.72. The van der Waals surface area contributed by atoms with E-state index < -0.39 is 5.41 Å². The van der Waals surface area contributed by atoms with Crippen LogP contribution in [0.4, 0.5) is 0 Å². The van der Waals surface area contributed by atoms with Gasteiger partial charge in [0.1, 0.15) is 10.9 Å². The molecule has 0 aliphatic carbocycles. The van der Waals surface area contributed by atoms with Crippen LogP contribution in [0.25, 0.3) is 11.1 Å². The summed E-state index contributed by atoms with van der Waals surface area (Å²) in [4.78, 5) is 16.6. The molecule has 120 valence electrons. The van der Waals surface area contributed by atoms with E-state index in [1.807, 2.05) is 54.6 Å². The second-order valence-corrected chi connectivity index (χ2v) is 6.79. The molecule has 0 aliphatic heterocycles. The molecule has 3 aromatic rings. The molecule has 3 rings (SSSR count). The molecule has 2 aromatic carbocycles. The Balaban J connectivity index is 1.71. The molecule has 1 atom stereocenters. The molecule has 5 heteroatoms. The molecule has 0 spiro atoms. The molecule has 0 aliphatic rings. The summed E-state index contributed by atoms with van der Waals surface area (Å²) in [6, 6.07) is 19.2. The van der Waals surface area contributed by atoms with Crippen LogP contribution in [0.5, 0.6) is 0 Å². The summed E-state index contributed by atoms with van der Waals surface area (Å²) in [6.45, 7) is 1.75. The van der Waals surface area contributed by atoms with Crippen LogP contribution in [0.3, 0.4) is 0 Å². The van der Waals surface area contributed by atoms with Crippen LogP contribution in [-0.2, 0) is 16.6 Å². The van der Waals surface area contributed by atoms with E-state index in [2.05, 4.69) is 11.1 Å². The predicted octanol–water partition coefficient (Wildman–Crippen LogP) is 4.11. The first-order valence-electron chi connectivity index (χ1n) is 7.57. The van der Waals surface area contributed by atoms with Crippen LogP contribution in [0.2, 0.25) is 0 Å². The van der Waals surface area contributed by atoms with Gasteiger partial charge in [-0.3, -0.25) is 4.79 Å². The van der Waals surface area contributed by atoms with Gasteiger partial charge < -0.3 is 4.42 Å². The van der Waals surface area contributed by atoms with Crippen LogP contribution >= 0.6 is 11.8 Å². The third-order valence-electron chi connectivity index (χ3n) is 3.73. The van der Waals surface area contributed by atoms with E-state index in [0.29, 0.717) is 23.6 Å². The average molecular weight is 336 g/mol. The van der Waals surface area contributed by atoms with Gasteiger partial charge in [-0.05, 0) is 24.6 Å². The van der Waals surface area contributed by atoms with Crippen molar-refractivity contribution in [2.24, 2.45) is 0 Å². The van der Waals surface area contributed by atoms with Crippen molar-refractivity contribution in [1.29, 1.82) is 5.26 Å². The zero-order chi connectivity index (χ0) is 17.0. The number of nitrogens with zero attached hydrogens (tertiary/aromatic N) is 2. The number of fused-ring (bicyclic) bond motifs is 1. The van der Waals surface area contributed by atoms with E-state index in [1.165, 1.54) is 0 Å².